The van der Waals surface area contributed by atoms with Gasteiger partial charge in [-0.2, -0.15) is 0 Å². The molecule has 3 aromatic heterocycles. The minimum absolute atomic E-state index is 0.152. The summed E-state index contributed by atoms with van der Waals surface area (Å²) in [5.41, 5.74) is -0.334. The summed E-state index contributed by atoms with van der Waals surface area (Å²) in [6.45, 7) is 27.2. The van der Waals surface area contributed by atoms with E-state index in [0.29, 0.717) is 54.0 Å². The van der Waals surface area contributed by atoms with Gasteiger partial charge in [-0.05, 0) is 103 Å². The van der Waals surface area contributed by atoms with Crippen LogP contribution in [-0.2, 0) is 13.9 Å². The number of carbonyl (C=O) groups is 2. The first-order chi connectivity index (χ1) is 28.5. The Balaban J connectivity index is 0.000000314. The molecular formula is C43H66ClN11O5Si. The molecule has 0 atom stereocenters. The molecule has 0 saturated carbocycles. The summed E-state index contributed by atoms with van der Waals surface area (Å²) in [6, 6.07) is 3.54. The van der Waals surface area contributed by atoms with Gasteiger partial charge in [0.1, 0.15) is 58.0 Å². The Morgan fingerprint density at radius 2 is 1.20 bits per heavy atom. The second kappa shape index (κ2) is 21.8. The summed E-state index contributed by atoms with van der Waals surface area (Å²) in [6.07, 6.45) is 9.47. The van der Waals surface area contributed by atoms with Crippen molar-refractivity contribution in [2.45, 2.75) is 117 Å². The molecule has 16 nitrogen and oxygen atoms in total. The summed E-state index contributed by atoms with van der Waals surface area (Å²) in [4.78, 5) is 53.2. The molecule has 3 N–H and O–H groups in total. The standard InChI is InChI=1S/C28H43N7O3Si.C15H23ClN4O2/c1-27(2,3)38-26(36)35-13-11-21(12-14-35)17-30-23-16-24(33-20-32-23)34-25-19-29-22(18-31-25)10-9-15-37-39(7,8)28(4,5)6;1-15(2,3)22-14(21)20-6-4-11(5-7-20)9-17-13-8-12(16)18-10-19-13/h16,18-21H,11-15,17H2,1-8H3,(H2,30,31,32,33,34);8,10-11H,4-7,9H2,1-3H3,(H,17,18,19). The predicted octanol–water partition coefficient (Wildman–Crippen LogP) is 8.63. The fourth-order valence-electron chi connectivity index (χ4n) is 5.89. The van der Waals surface area contributed by atoms with Gasteiger partial charge in [0.05, 0.1) is 19.0 Å². The highest BCUT2D eigenvalue weighted by atomic mass is 35.5. The van der Waals surface area contributed by atoms with Crippen molar-refractivity contribution in [2.24, 2.45) is 11.8 Å². The summed E-state index contributed by atoms with van der Waals surface area (Å²) in [5, 5.41) is 10.4. The van der Waals surface area contributed by atoms with Crippen molar-refractivity contribution in [3.05, 3.63) is 48.0 Å². The molecule has 3 aromatic rings. The number of nitrogens with one attached hydrogen (secondary N) is 3. The quantitative estimate of drug-likeness (QED) is 0.1000. The van der Waals surface area contributed by atoms with Crippen molar-refractivity contribution < 1.29 is 23.5 Å². The normalized spacial score (nSPS) is 15.4. The van der Waals surface area contributed by atoms with E-state index in [1.165, 1.54) is 12.7 Å². The number of hydrogen-bond donors (Lipinski definition) is 3. The van der Waals surface area contributed by atoms with Crippen molar-refractivity contribution in [3.8, 4) is 11.8 Å². The zero-order valence-electron chi connectivity index (χ0n) is 37.9. The molecule has 18 heteroatoms. The number of likely N-dealkylation sites (tertiary alicyclic amines) is 2. The Bertz CT molecular complexity index is 1930. The third-order valence-corrected chi connectivity index (χ3v) is 15.1. The number of rotatable bonds is 10. The van der Waals surface area contributed by atoms with Gasteiger partial charge in [0.25, 0.3) is 0 Å². The number of aromatic nitrogens is 6. The number of hydrogen-bond acceptors (Lipinski definition) is 14. The van der Waals surface area contributed by atoms with Crippen LogP contribution in [0, 0.1) is 23.7 Å². The van der Waals surface area contributed by atoms with E-state index in [0.717, 1.165) is 63.5 Å². The first-order valence-corrected chi connectivity index (χ1v) is 24.3. The van der Waals surface area contributed by atoms with E-state index >= 15 is 0 Å². The van der Waals surface area contributed by atoms with Crippen LogP contribution in [0.15, 0.2) is 37.2 Å². The zero-order chi connectivity index (χ0) is 44.8. The lowest BCUT2D eigenvalue weighted by atomic mass is 9.97. The number of halogens is 1. The SMILES string of the molecule is CC(C)(C)OC(=O)N1CCC(CNc2cc(Cl)ncn2)CC1.CC(C)(C)OC(=O)N1CCC(CNc2cc(Nc3cnc(C#CCO[Si](C)(C)C(C)(C)C)cn3)ncn2)CC1. The predicted molar refractivity (Wildman–Crippen MR) is 242 cm³/mol. The Hall–Kier alpha value is -4.79. The first kappa shape index (κ1) is 48.9. The number of ether oxygens (including phenoxy) is 2. The largest absolute Gasteiger partial charge is 0.444 e. The van der Waals surface area contributed by atoms with Crippen LogP contribution in [-0.4, -0.2) is 117 Å². The van der Waals surface area contributed by atoms with E-state index in [-0.39, 0.29) is 17.2 Å². The maximum atomic E-state index is 12.3. The molecule has 0 spiro atoms. The fourth-order valence-corrected chi connectivity index (χ4v) is 6.90. The molecule has 0 radical (unpaired) electrons. The van der Waals surface area contributed by atoms with Gasteiger partial charge in [-0.15, -0.1) is 0 Å². The third kappa shape index (κ3) is 17.6. The lowest BCUT2D eigenvalue weighted by Crippen LogP contribution is -2.42. The average molecular weight is 881 g/mol. The van der Waals surface area contributed by atoms with E-state index in [4.69, 9.17) is 25.5 Å². The molecule has 2 aliphatic heterocycles. The number of nitrogens with zero attached hydrogens (tertiary/aromatic N) is 8. The fraction of sp³-hybridized carbons (Fsp3) is 0.628. The van der Waals surface area contributed by atoms with Crippen LogP contribution in [0.2, 0.25) is 23.3 Å². The van der Waals surface area contributed by atoms with Gasteiger partial charge in [-0.1, -0.05) is 38.3 Å². The van der Waals surface area contributed by atoms with Crippen LogP contribution < -0.4 is 16.0 Å². The lowest BCUT2D eigenvalue weighted by Gasteiger charge is -2.35. The summed E-state index contributed by atoms with van der Waals surface area (Å²) in [5.74, 6) is 9.65. The molecule has 0 bridgehead atoms. The van der Waals surface area contributed by atoms with Crippen LogP contribution in [0.5, 0.6) is 0 Å². The third-order valence-electron chi connectivity index (χ3n) is 10.4. The van der Waals surface area contributed by atoms with Crippen LogP contribution in [0.25, 0.3) is 0 Å². The lowest BCUT2D eigenvalue weighted by molar-refractivity contribution is 0.0177. The van der Waals surface area contributed by atoms with E-state index in [2.05, 4.69) is 91.6 Å². The molecule has 0 aromatic carbocycles. The van der Waals surface area contributed by atoms with Crippen LogP contribution in [0.4, 0.5) is 32.9 Å². The number of carbonyl (C=O) groups excluding carboxylic acids is 2. The highest BCUT2D eigenvalue weighted by molar-refractivity contribution is 6.74. The average Bonchev–Trinajstić information content (AvgIpc) is 3.18. The Labute approximate surface area is 368 Å². The van der Waals surface area contributed by atoms with E-state index in [9.17, 15) is 9.59 Å². The second-order valence-corrected chi connectivity index (χ2v) is 24.1. The van der Waals surface area contributed by atoms with E-state index in [1.807, 2.05) is 47.6 Å². The molecule has 5 rings (SSSR count). The van der Waals surface area contributed by atoms with E-state index < -0.39 is 19.5 Å². The smallest absolute Gasteiger partial charge is 0.410 e. The molecule has 0 aliphatic carbocycles. The summed E-state index contributed by atoms with van der Waals surface area (Å²) < 4.78 is 17.0. The second-order valence-electron chi connectivity index (χ2n) is 18.9. The van der Waals surface area contributed by atoms with Crippen LogP contribution in [0.1, 0.15) is 93.7 Å². The van der Waals surface area contributed by atoms with Gasteiger partial charge in [0.2, 0.25) is 0 Å². The van der Waals surface area contributed by atoms with E-state index in [1.54, 1.807) is 28.3 Å². The number of amides is 2. The molecular weight excluding hydrogens is 814 g/mol. The first-order valence-electron chi connectivity index (χ1n) is 21.0. The van der Waals surface area contributed by atoms with Crippen molar-refractivity contribution in [3.63, 3.8) is 0 Å². The van der Waals surface area contributed by atoms with Gasteiger partial charge in [0, 0.05) is 51.4 Å². The maximum absolute atomic E-state index is 12.3. The summed E-state index contributed by atoms with van der Waals surface area (Å²) in [7, 11) is -1.82. The molecule has 2 saturated heterocycles. The minimum atomic E-state index is -1.82. The highest BCUT2D eigenvalue weighted by Crippen LogP contribution is 2.36. The van der Waals surface area contributed by atoms with Gasteiger partial charge in [-0.25, -0.2) is 39.5 Å². The Morgan fingerprint density at radius 1 is 0.705 bits per heavy atom. The monoisotopic (exact) mass is 879 g/mol. The number of anilines is 4. The van der Waals surface area contributed by atoms with Crippen LogP contribution in [0.3, 0.4) is 0 Å². The van der Waals surface area contributed by atoms with Crippen molar-refractivity contribution in [2.75, 3.05) is 61.8 Å². The van der Waals surface area contributed by atoms with Gasteiger partial charge >= 0.3 is 12.2 Å². The minimum Gasteiger partial charge on any atom is -0.444 e. The molecule has 2 amide bonds. The Kier molecular flexibility index (Phi) is 17.5. The number of piperidine rings is 2. The van der Waals surface area contributed by atoms with Crippen LogP contribution >= 0.6 is 11.6 Å². The summed E-state index contributed by atoms with van der Waals surface area (Å²) >= 11 is 5.82. The molecule has 5 heterocycles. The topological polar surface area (TPSA) is 182 Å². The van der Waals surface area contributed by atoms with Gasteiger partial charge in [0.15, 0.2) is 8.32 Å². The molecule has 61 heavy (non-hydrogen) atoms. The molecule has 334 valence electrons. The molecule has 0 unspecified atom stereocenters. The highest BCUT2D eigenvalue weighted by Gasteiger charge is 2.37. The zero-order valence-corrected chi connectivity index (χ0v) is 39.6. The van der Waals surface area contributed by atoms with Gasteiger partial charge < -0.3 is 39.6 Å². The maximum Gasteiger partial charge on any atom is 0.410 e. The molecule has 2 fully saturated rings. The van der Waals surface area contributed by atoms with Gasteiger partial charge in [-0.3, -0.25) is 0 Å². The van der Waals surface area contributed by atoms with Crippen molar-refractivity contribution in [1.29, 1.82) is 0 Å². The van der Waals surface area contributed by atoms with Crippen molar-refractivity contribution >= 4 is 55.4 Å². The Morgan fingerprint density at radius 3 is 1.66 bits per heavy atom. The van der Waals surface area contributed by atoms with Crippen molar-refractivity contribution in [1.82, 2.24) is 39.7 Å². The molecule has 2 aliphatic rings.